The Bertz CT molecular complexity index is 622. The third-order valence-corrected chi connectivity index (χ3v) is 2.49. The van der Waals surface area contributed by atoms with Crippen molar-refractivity contribution >= 4 is 11.6 Å². The van der Waals surface area contributed by atoms with Gasteiger partial charge in [0.25, 0.3) is 0 Å². The molecule has 1 N–H and O–H groups in total. The molecule has 0 aliphatic carbocycles. The number of aromatic nitrogens is 4. The molecule has 2 heterocycles. The van der Waals surface area contributed by atoms with E-state index in [0.29, 0.717) is 12.5 Å². The van der Waals surface area contributed by atoms with E-state index in [4.69, 9.17) is 0 Å². The molecule has 0 unspecified atom stereocenters. The molecule has 0 saturated carbocycles. The quantitative estimate of drug-likeness (QED) is 0.664. The van der Waals surface area contributed by atoms with Crippen LogP contribution in [0.25, 0.3) is 5.82 Å². The van der Waals surface area contributed by atoms with Crippen LogP contribution in [0.4, 0.5) is 11.6 Å². The summed E-state index contributed by atoms with van der Waals surface area (Å²) in [5.74, 6) is 0.511. The molecule has 8 nitrogen and oxygen atoms in total. The Hall–Kier alpha value is -2.51. The smallest absolute Gasteiger partial charge is 0.332 e. The van der Waals surface area contributed by atoms with Gasteiger partial charge in [-0.2, -0.15) is 10.1 Å². The van der Waals surface area contributed by atoms with Gasteiger partial charge >= 0.3 is 5.69 Å². The van der Waals surface area contributed by atoms with Crippen LogP contribution in [0.15, 0.2) is 12.3 Å². The third-order valence-electron chi connectivity index (χ3n) is 2.49. The minimum atomic E-state index is -0.512. The molecule has 8 heteroatoms. The fourth-order valence-corrected chi connectivity index (χ4v) is 1.74. The summed E-state index contributed by atoms with van der Waals surface area (Å²) in [6, 6.07) is 1.83. The zero-order valence-electron chi connectivity index (χ0n) is 10.9. The molecular weight excluding hydrogens is 248 g/mol. The van der Waals surface area contributed by atoms with Crippen LogP contribution >= 0.6 is 0 Å². The molecule has 0 saturated heterocycles. The minimum Gasteiger partial charge on any atom is -0.354 e. The minimum absolute atomic E-state index is 0.168. The van der Waals surface area contributed by atoms with Crippen molar-refractivity contribution in [1.82, 2.24) is 19.7 Å². The maximum atomic E-state index is 11.0. The van der Waals surface area contributed by atoms with Crippen LogP contribution in [0.3, 0.4) is 0 Å². The van der Waals surface area contributed by atoms with E-state index in [1.807, 2.05) is 26.8 Å². The highest BCUT2D eigenvalue weighted by atomic mass is 16.6. The molecule has 2 aromatic rings. The second-order valence-electron chi connectivity index (χ2n) is 4.03. The van der Waals surface area contributed by atoms with E-state index >= 15 is 0 Å². The van der Waals surface area contributed by atoms with Gasteiger partial charge in [-0.1, -0.05) is 0 Å². The van der Waals surface area contributed by atoms with E-state index < -0.39 is 4.92 Å². The molecule has 0 atom stereocenters. The van der Waals surface area contributed by atoms with Crippen molar-refractivity contribution in [3.05, 3.63) is 33.8 Å². The second-order valence-corrected chi connectivity index (χ2v) is 4.03. The Morgan fingerprint density at radius 2 is 2.21 bits per heavy atom. The lowest BCUT2D eigenvalue weighted by molar-refractivity contribution is -0.385. The maximum absolute atomic E-state index is 11.0. The molecule has 0 aliphatic heterocycles. The van der Waals surface area contributed by atoms with E-state index in [2.05, 4.69) is 20.4 Å². The van der Waals surface area contributed by atoms with Crippen molar-refractivity contribution in [2.75, 3.05) is 11.9 Å². The number of nitrogens with one attached hydrogen (secondary N) is 1. The Balaban J connectivity index is 2.60. The third kappa shape index (κ3) is 2.51. The lowest BCUT2D eigenvalue weighted by Gasteiger charge is -2.06. The standard InChI is InChI=1S/C11H14N6O2/c1-4-12-11-13-6-9(17(18)19)10(14-11)16-8(3)5-7(2)15-16/h5-6H,4H2,1-3H3,(H,12,13,14). The summed E-state index contributed by atoms with van der Waals surface area (Å²) in [6.07, 6.45) is 1.19. The predicted octanol–water partition coefficient (Wildman–Crippen LogP) is 1.62. The van der Waals surface area contributed by atoms with E-state index in [0.717, 1.165) is 11.4 Å². The average molecular weight is 262 g/mol. The molecule has 0 amide bonds. The molecule has 0 spiro atoms. The van der Waals surface area contributed by atoms with Crippen LogP contribution < -0.4 is 5.32 Å². The largest absolute Gasteiger partial charge is 0.354 e. The van der Waals surface area contributed by atoms with Gasteiger partial charge in [0.05, 0.1) is 10.6 Å². The predicted molar refractivity (Wildman–Crippen MR) is 69.4 cm³/mol. The van der Waals surface area contributed by atoms with Gasteiger partial charge in [-0.15, -0.1) is 0 Å². The van der Waals surface area contributed by atoms with Crippen molar-refractivity contribution in [1.29, 1.82) is 0 Å². The topological polar surface area (TPSA) is 98.8 Å². The number of anilines is 1. The lowest BCUT2D eigenvalue weighted by Crippen LogP contribution is -2.10. The lowest BCUT2D eigenvalue weighted by atomic mass is 10.4. The van der Waals surface area contributed by atoms with Crippen molar-refractivity contribution in [3.8, 4) is 5.82 Å². The highest BCUT2D eigenvalue weighted by Gasteiger charge is 2.21. The molecule has 2 aromatic heterocycles. The number of nitro groups is 1. The SMILES string of the molecule is CCNc1ncc([N+](=O)[O-])c(-n2nc(C)cc2C)n1. The molecule has 100 valence electrons. The van der Waals surface area contributed by atoms with Gasteiger partial charge < -0.3 is 5.32 Å². The first-order chi connectivity index (χ1) is 9.02. The zero-order chi connectivity index (χ0) is 14.0. The maximum Gasteiger partial charge on any atom is 0.332 e. The van der Waals surface area contributed by atoms with Crippen molar-refractivity contribution in [2.24, 2.45) is 0 Å². The van der Waals surface area contributed by atoms with Crippen molar-refractivity contribution in [2.45, 2.75) is 20.8 Å². The molecular formula is C11H14N6O2. The van der Waals surface area contributed by atoms with Crippen molar-refractivity contribution in [3.63, 3.8) is 0 Å². The second kappa shape index (κ2) is 5.01. The molecule has 19 heavy (non-hydrogen) atoms. The summed E-state index contributed by atoms with van der Waals surface area (Å²) in [5.41, 5.74) is 1.38. The van der Waals surface area contributed by atoms with Gasteiger partial charge in [0.1, 0.15) is 6.20 Å². The molecule has 0 aliphatic rings. The highest BCUT2D eigenvalue weighted by molar-refractivity contribution is 5.49. The Morgan fingerprint density at radius 3 is 2.74 bits per heavy atom. The molecule has 0 aromatic carbocycles. The Morgan fingerprint density at radius 1 is 1.47 bits per heavy atom. The normalized spacial score (nSPS) is 10.5. The van der Waals surface area contributed by atoms with E-state index in [-0.39, 0.29) is 11.5 Å². The molecule has 0 fully saturated rings. The summed E-state index contributed by atoms with van der Waals surface area (Å²) in [7, 11) is 0. The Kier molecular flexibility index (Phi) is 3.41. The van der Waals surface area contributed by atoms with Gasteiger partial charge in [0.2, 0.25) is 11.8 Å². The Labute approximate surface area is 109 Å². The van der Waals surface area contributed by atoms with Crippen LogP contribution in [0.2, 0.25) is 0 Å². The van der Waals surface area contributed by atoms with Gasteiger partial charge in [-0.05, 0) is 26.8 Å². The summed E-state index contributed by atoms with van der Waals surface area (Å²) in [4.78, 5) is 18.6. The first kappa shape index (κ1) is 12.9. The van der Waals surface area contributed by atoms with E-state index in [9.17, 15) is 10.1 Å². The number of aryl methyl sites for hydroxylation is 2. The number of hydrogen-bond donors (Lipinski definition) is 1. The first-order valence-electron chi connectivity index (χ1n) is 5.82. The van der Waals surface area contributed by atoms with Crippen LogP contribution in [0, 0.1) is 24.0 Å². The van der Waals surface area contributed by atoms with Gasteiger partial charge in [-0.3, -0.25) is 10.1 Å². The van der Waals surface area contributed by atoms with Crippen molar-refractivity contribution < 1.29 is 4.92 Å². The van der Waals surface area contributed by atoms with Gasteiger partial charge in [0.15, 0.2) is 0 Å². The summed E-state index contributed by atoms with van der Waals surface area (Å²) in [5, 5.41) is 18.2. The van der Waals surface area contributed by atoms with Crippen LogP contribution in [0.5, 0.6) is 0 Å². The number of hydrogen-bond acceptors (Lipinski definition) is 6. The number of rotatable bonds is 4. The number of nitrogens with zero attached hydrogens (tertiary/aromatic N) is 5. The molecule has 2 rings (SSSR count). The van der Waals surface area contributed by atoms with E-state index in [1.54, 1.807) is 0 Å². The monoisotopic (exact) mass is 262 g/mol. The van der Waals surface area contributed by atoms with Gasteiger partial charge in [-0.25, -0.2) is 9.67 Å². The van der Waals surface area contributed by atoms with Crippen LogP contribution in [0.1, 0.15) is 18.3 Å². The zero-order valence-corrected chi connectivity index (χ0v) is 10.9. The molecule has 0 radical (unpaired) electrons. The first-order valence-corrected chi connectivity index (χ1v) is 5.82. The fraction of sp³-hybridized carbons (Fsp3) is 0.364. The van der Waals surface area contributed by atoms with Crippen LogP contribution in [-0.2, 0) is 0 Å². The van der Waals surface area contributed by atoms with Gasteiger partial charge in [0, 0.05) is 12.2 Å². The van der Waals surface area contributed by atoms with Crippen LogP contribution in [-0.4, -0.2) is 31.2 Å². The fourth-order valence-electron chi connectivity index (χ4n) is 1.74. The summed E-state index contributed by atoms with van der Waals surface area (Å²) in [6.45, 7) is 6.17. The average Bonchev–Trinajstić information content (AvgIpc) is 2.68. The van der Waals surface area contributed by atoms with E-state index in [1.165, 1.54) is 10.9 Å². The molecule has 0 bridgehead atoms. The summed E-state index contributed by atoms with van der Waals surface area (Å²) < 4.78 is 1.45. The summed E-state index contributed by atoms with van der Waals surface area (Å²) >= 11 is 0. The highest BCUT2D eigenvalue weighted by Crippen LogP contribution is 2.22.